The summed E-state index contributed by atoms with van der Waals surface area (Å²) in [6, 6.07) is 4.96. The van der Waals surface area contributed by atoms with E-state index in [1.54, 1.807) is 18.5 Å². The van der Waals surface area contributed by atoms with E-state index >= 15 is 0 Å². The molecule has 0 bridgehead atoms. The number of amides is 1. The van der Waals surface area contributed by atoms with Crippen LogP contribution in [0.25, 0.3) is 0 Å². The first-order valence-corrected chi connectivity index (χ1v) is 9.10. The fraction of sp³-hybridized carbons (Fsp3) is 0.278. The Kier molecular flexibility index (Phi) is 5.82. The highest BCUT2D eigenvalue weighted by atomic mass is 127. The number of carbonyl (C=O) groups excluding carboxylic acids is 1. The number of carbonyl (C=O) groups is 2. The van der Waals surface area contributed by atoms with Crippen LogP contribution in [0.15, 0.2) is 30.6 Å². The van der Waals surface area contributed by atoms with Crippen molar-refractivity contribution >= 4 is 34.5 Å². The van der Waals surface area contributed by atoms with Crippen LogP contribution >= 0.6 is 22.6 Å². The fourth-order valence-electron chi connectivity index (χ4n) is 2.84. The van der Waals surface area contributed by atoms with Crippen molar-refractivity contribution in [2.45, 2.75) is 19.3 Å². The van der Waals surface area contributed by atoms with Crippen LogP contribution in [0.5, 0.6) is 0 Å². The molecule has 0 saturated carbocycles. The van der Waals surface area contributed by atoms with Gasteiger partial charge in [-0.2, -0.15) is 0 Å². The maximum atomic E-state index is 14.2. The molecule has 3 rings (SSSR count). The van der Waals surface area contributed by atoms with Crippen molar-refractivity contribution in [3.63, 3.8) is 0 Å². The molecule has 2 aromatic rings. The van der Waals surface area contributed by atoms with Crippen LogP contribution in [0.3, 0.4) is 0 Å². The molecule has 1 aliphatic heterocycles. The molecule has 6 nitrogen and oxygen atoms in total. The summed E-state index contributed by atoms with van der Waals surface area (Å²) in [6.45, 7) is 0.247. The normalized spacial score (nSPS) is 13.6. The number of hydroxylamine groups is 2. The number of nitrogens with zero attached hydrogens (tertiary/aromatic N) is 2. The Morgan fingerprint density at radius 3 is 2.88 bits per heavy atom. The minimum absolute atomic E-state index is 0.0808. The summed E-state index contributed by atoms with van der Waals surface area (Å²) in [5, 5.41) is 9.87. The number of halogens is 2. The topological polar surface area (TPSA) is 79.7 Å². The SMILES string of the molecule is O=C(O)CCON1CCc2cncc(Cc3ccc(I)cc3F)c2C1=O. The first-order chi connectivity index (χ1) is 12.5. The summed E-state index contributed by atoms with van der Waals surface area (Å²) in [6.07, 6.45) is 3.80. The Morgan fingerprint density at radius 1 is 1.35 bits per heavy atom. The molecule has 2 heterocycles. The molecule has 0 atom stereocenters. The molecule has 0 unspecified atom stereocenters. The van der Waals surface area contributed by atoms with E-state index < -0.39 is 5.97 Å². The van der Waals surface area contributed by atoms with Crippen molar-refractivity contribution in [3.8, 4) is 0 Å². The zero-order valence-corrected chi connectivity index (χ0v) is 15.9. The smallest absolute Gasteiger partial charge is 0.305 e. The minimum Gasteiger partial charge on any atom is -0.481 e. The Morgan fingerprint density at radius 2 is 2.15 bits per heavy atom. The van der Waals surface area contributed by atoms with Crippen LogP contribution in [-0.2, 0) is 22.5 Å². The molecule has 1 aromatic heterocycles. The van der Waals surface area contributed by atoms with Crippen molar-refractivity contribution in [3.05, 3.63) is 62.2 Å². The van der Waals surface area contributed by atoms with E-state index in [0.29, 0.717) is 29.7 Å². The number of fused-ring (bicyclic) bond motifs is 1. The lowest BCUT2D eigenvalue weighted by molar-refractivity contribution is -0.149. The van der Waals surface area contributed by atoms with Crippen LogP contribution in [0.2, 0.25) is 0 Å². The molecular formula is C18H16FIN2O4. The summed E-state index contributed by atoms with van der Waals surface area (Å²) in [5.41, 5.74) is 2.35. The van der Waals surface area contributed by atoms with Gasteiger partial charge in [0.15, 0.2) is 0 Å². The second-order valence-corrected chi connectivity index (χ2v) is 7.13. The molecule has 0 spiro atoms. The number of rotatable bonds is 6. The second kappa shape index (κ2) is 8.09. The van der Waals surface area contributed by atoms with Crippen molar-refractivity contribution in [2.75, 3.05) is 13.2 Å². The van der Waals surface area contributed by atoms with Crippen molar-refractivity contribution in [1.29, 1.82) is 0 Å². The Hall–Kier alpha value is -2.07. The Balaban J connectivity index is 1.84. The van der Waals surface area contributed by atoms with Crippen LogP contribution in [0, 0.1) is 9.39 Å². The fourth-order valence-corrected chi connectivity index (χ4v) is 3.29. The van der Waals surface area contributed by atoms with E-state index in [0.717, 1.165) is 9.13 Å². The lowest BCUT2D eigenvalue weighted by Crippen LogP contribution is -2.39. The Labute approximate surface area is 163 Å². The lowest BCUT2D eigenvalue weighted by atomic mass is 9.94. The summed E-state index contributed by atoms with van der Waals surface area (Å²) < 4.78 is 15.0. The van der Waals surface area contributed by atoms with E-state index in [1.165, 1.54) is 11.1 Å². The largest absolute Gasteiger partial charge is 0.481 e. The van der Waals surface area contributed by atoms with E-state index in [-0.39, 0.29) is 31.2 Å². The van der Waals surface area contributed by atoms with E-state index in [9.17, 15) is 14.0 Å². The molecule has 26 heavy (non-hydrogen) atoms. The average molecular weight is 470 g/mol. The number of hydrogen-bond acceptors (Lipinski definition) is 4. The third kappa shape index (κ3) is 4.18. The molecule has 1 amide bonds. The maximum Gasteiger partial charge on any atom is 0.305 e. The van der Waals surface area contributed by atoms with E-state index in [4.69, 9.17) is 9.94 Å². The zero-order valence-electron chi connectivity index (χ0n) is 13.7. The number of carboxylic acid groups (broad SMARTS) is 1. The van der Waals surface area contributed by atoms with Gasteiger partial charge in [-0.3, -0.25) is 19.4 Å². The molecule has 136 valence electrons. The molecule has 1 N–H and O–H groups in total. The minimum atomic E-state index is -0.992. The van der Waals surface area contributed by atoms with Crippen molar-refractivity contribution in [1.82, 2.24) is 10.0 Å². The number of benzene rings is 1. The van der Waals surface area contributed by atoms with Gasteiger partial charge in [0.05, 0.1) is 25.1 Å². The summed E-state index contributed by atoms with van der Waals surface area (Å²) in [7, 11) is 0. The number of hydrogen-bond donors (Lipinski definition) is 1. The molecule has 0 radical (unpaired) electrons. The molecular weight excluding hydrogens is 454 g/mol. The Bertz CT molecular complexity index is 859. The lowest BCUT2D eigenvalue weighted by Gasteiger charge is -2.28. The standard InChI is InChI=1S/C18H16FIN2O4/c19-15-8-14(20)2-1-11(15)7-13-10-21-9-12-3-5-22(18(25)17(12)13)26-6-4-16(23)24/h1-2,8-10H,3-7H2,(H,23,24). The van der Waals surface area contributed by atoms with Gasteiger partial charge in [0.25, 0.3) is 5.91 Å². The molecule has 1 aromatic carbocycles. The van der Waals surface area contributed by atoms with Gasteiger partial charge in [-0.1, -0.05) is 6.07 Å². The van der Waals surface area contributed by atoms with Gasteiger partial charge in [0.1, 0.15) is 5.82 Å². The van der Waals surface area contributed by atoms with Gasteiger partial charge >= 0.3 is 5.97 Å². The number of aromatic nitrogens is 1. The summed E-state index contributed by atoms with van der Waals surface area (Å²) >= 11 is 2.04. The van der Waals surface area contributed by atoms with Gasteiger partial charge < -0.3 is 5.11 Å². The highest BCUT2D eigenvalue weighted by Crippen LogP contribution is 2.25. The first-order valence-electron chi connectivity index (χ1n) is 8.02. The molecule has 0 fully saturated rings. The maximum absolute atomic E-state index is 14.2. The van der Waals surface area contributed by atoms with Crippen molar-refractivity contribution in [2.24, 2.45) is 0 Å². The monoisotopic (exact) mass is 470 g/mol. The third-order valence-corrected chi connectivity index (χ3v) is 4.76. The predicted molar refractivity (Wildman–Crippen MR) is 99.1 cm³/mol. The third-order valence-electron chi connectivity index (χ3n) is 4.09. The molecule has 0 saturated heterocycles. The molecule has 1 aliphatic rings. The summed E-state index contributed by atoms with van der Waals surface area (Å²) in [5.74, 6) is -1.67. The van der Waals surface area contributed by atoms with Gasteiger partial charge in [-0.05, 0) is 57.8 Å². The first kappa shape index (κ1) is 18.7. The van der Waals surface area contributed by atoms with Crippen LogP contribution < -0.4 is 0 Å². The highest BCUT2D eigenvalue weighted by molar-refractivity contribution is 14.1. The molecule has 8 heteroatoms. The predicted octanol–water partition coefficient (Wildman–Crippen LogP) is 2.82. The number of pyridine rings is 1. The van der Waals surface area contributed by atoms with Gasteiger partial charge in [-0.15, -0.1) is 0 Å². The van der Waals surface area contributed by atoms with E-state index in [1.807, 2.05) is 28.7 Å². The molecule has 0 aliphatic carbocycles. The van der Waals surface area contributed by atoms with Crippen molar-refractivity contribution < 1.29 is 23.9 Å². The second-order valence-electron chi connectivity index (χ2n) is 5.88. The quantitative estimate of drug-likeness (QED) is 0.658. The zero-order chi connectivity index (χ0) is 18.7. The number of carboxylic acids is 1. The van der Waals surface area contributed by atoms with Crippen LogP contribution in [0.4, 0.5) is 4.39 Å². The van der Waals surface area contributed by atoms with Gasteiger partial charge in [0, 0.05) is 22.4 Å². The van der Waals surface area contributed by atoms with E-state index in [2.05, 4.69) is 4.98 Å². The summed E-state index contributed by atoms with van der Waals surface area (Å²) in [4.78, 5) is 32.9. The van der Waals surface area contributed by atoms with Crippen LogP contribution in [-0.4, -0.2) is 40.2 Å². The highest BCUT2D eigenvalue weighted by Gasteiger charge is 2.28. The van der Waals surface area contributed by atoms with Gasteiger partial charge in [0.2, 0.25) is 0 Å². The average Bonchev–Trinajstić information content (AvgIpc) is 2.59. The van der Waals surface area contributed by atoms with Gasteiger partial charge in [-0.25, -0.2) is 9.45 Å². The van der Waals surface area contributed by atoms with Crippen LogP contribution in [0.1, 0.15) is 33.5 Å². The number of aliphatic carboxylic acids is 1.